The largest absolute Gasteiger partial charge is 0.487 e. The van der Waals surface area contributed by atoms with E-state index in [9.17, 15) is 29.2 Å². The van der Waals surface area contributed by atoms with Gasteiger partial charge >= 0.3 is 0 Å². The fourth-order valence-corrected chi connectivity index (χ4v) is 4.00. The second-order valence-electron chi connectivity index (χ2n) is 7.97. The van der Waals surface area contributed by atoms with Crippen molar-refractivity contribution in [2.75, 3.05) is 13.1 Å². The van der Waals surface area contributed by atoms with Crippen LogP contribution in [-0.2, 0) is 0 Å². The summed E-state index contributed by atoms with van der Waals surface area (Å²) in [6.45, 7) is 0.143. The van der Waals surface area contributed by atoms with Crippen LogP contribution >= 0.6 is 0 Å². The molecule has 2 aliphatic rings. The normalized spacial score (nSPS) is 26.8. The predicted octanol–water partition coefficient (Wildman–Crippen LogP) is 1.35. The van der Waals surface area contributed by atoms with E-state index in [1.165, 1.54) is 36.4 Å². The Morgan fingerprint density at radius 1 is 0.806 bits per heavy atom. The number of hydrogen-bond donors (Lipinski definition) is 5. The van der Waals surface area contributed by atoms with Crippen LogP contribution in [0.5, 0.6) is 11.5 Å². The lowest BCUT2D eigenvalue weighted by Crippen LogP contribution is -2.47. The summed E-state index contributed by atoms with van der Waals surface area (Å²) in [5.74, 6) is -0.300. The van der Waals surface area contributed by atoms with Crippen molar-refractivity contribution in [1.29, 1.82) is 0 Å². The molecule has 4 rings (SSSR count). The monoisotopic (exact) mass is 437 g/mol. The highest BCUT2D eigenvalue weighted by atomic mass is 19.1. The minimum atomic E-state index is -0.985. The smallest absolute Gasteiger partial charge is 0.129 e. The zero-order valence-corrected chi connectivity index (χ0v) is 16.6. The van der Waals surface area contributed by atoms with Gasteiger partial charge in [-0.25, -0.2) is 8.78 Å². The van der Waals surface area contributed by atoms with E-state index >= 15 is 0 Å². The molecule has 5 N–H and O–H groups in total. The van der Waals surface area contributed by atoms with Crippen LogP contribution in [0.1, 0.15) is 36.2 Å². The molecule has 0 saturated carbocycles. The number of benzene rings is 2. The van der Waals surface area contributed by atoms with Crippen molar-refractivity contribution >= 4 is 0 Å². The Kier molecular flexibility index (Phi) is 6.40. The number of fused-ring (bicyclic) bond motifs is 2. The number of ether oxygens (including phenoxy) is 2. The second-order valence-corrected chi connectivity index (χ2v) is 7.97. The van der Waals surface area contributed by atoms with Gasteiger partial charge in [0.1, 0.15) is 47.5 Å². The Labute approximate surface area is 177 Å². The summed E-state index contributed by atoms with van der Waals surface area (Å²) in [5, 5.41) is 44.3. The van der Waals surface area contributed by atoms with Gasteiger partial charge in [0.25, 0.3) is 0 Å². The molecule has 31 heavy (non-hydrogen) atoms. The molecular weight excluding hydrogens is 412 g/mol. The first-order valence-electron chi connectivity index (χ1n) is 10.2. The summed E-state index contributed by atoms with van der Waals surface area (Å²) in [7, 11) is 0. The number of aliphatic hydroxyl groups is 4. The standard InChI is InChI=1S/C22H25F2NO6/c23-11-1-3-19-13(5-11)15(26)7-21(30-19)17(28)9-25-10-18(29)22-8-16(27)14-6-12(24)2-4-20(14)31-22/h1-6,15-18,21-22,25-29H,7-10H2/t15?,16?,17-,18-,21-,22?/m0/s1. The van der Waals surface area contributed by atoms with E-state index in [2.05, 4.69) is 5.32 Å². The first kappa shape index (κ1) is 21.9. The minimum absolute atomic E-state index is 0.0715. The third-order valence-corrected chi connectivity index (χ3v) is 5.69. The fourth-order valence-electron chi connectivity index (χ4n) is 4.00. The summed E-state index contributed by atoms with van der Waals surface area (Å²) in [6, 6.07) is 7.70. The zero-order chi connectivity index (χ0) is 22.1. The summed E-state index contributed by atoms with van der Waals surface area (Å²) >= 11 is 0. The fraction of sp³-hybridized carbons (Fsp3) is 0.455. The lowest BCUT2D eigenvalue weighted by molar-refractivity contribution is -0.0247. The molecule has 9 heteroatoms. The molecule has 2 aliphatic heterocycles. The second kappa shape index (κ2) is 9.05. The molecule has 0 bridgehead atoms. The van der Waals surface area contributed by atoms with Crippen LogP contribution in [0.4, 0.5) is 8.78 Å². The molecule has 0 radical (unpaired) electrons. The molecule has 2 aromatic carbocycles. The Hall–Kier alpha value is -2.30. The van der Waals surface area contributed by atoms with Gasteiger partial charge in [-0.2, -0.15) is 0 Å². The van der Waals surface area contributed by atoms with Crippen LogP contribution in [0, 0.1) is 11.6 Å². The van der Waals surface area contributed by atoms with Crippen LogP contribution in [0.25, 0.3) is 0 Å². The number of nitrogens with one attached hydrogen (secondary N) is 1. The molecule has 2 heterocycles. The average molecular weight is 437 g/mol. The third-order valence-electron chi connectivity index (χ3n) is 5.69. The van der Waals surface area contributed by atoms with E-state index in [0.717, 1.165) is 0 Å². The van der Waals surface area contributed by atoms with Crippen molar-refractivity contribution in [1.82, 2.24) is 5.32 Å². The Morgan fingerprint density at radius 2 is 1.23 bits per heavy atom. The van der Waals surface area contributed by atoms with Crippen LogP contribution in [0.2, 0.25) is 0 Å². The maximum absolute atomic E-state index is 13.4. The van der Waals surface area contributed by atoms with Crippen LogP contribution in [-0.4, -0.2) is 57.9 Å². The van der Waals surface area contributed by atoms with Crippen LogP contribution < -0.4 is 14.8 Å². The summed E-state index contributed by atoms with van der Waals surface area (Å²) < 4.78 is 38.1. The van der Waals surface area contributed by atoms with Gasteiger partial charge < -0.3 is 35.2 Å². The number of rotatable bonds is 6. The van der Waals surface area contributed by atoms with Gasteiger partial charge in [0.2, 0.25) is 0 Å². The van der Waals surface area contributed by atoms with Crippen molar-refractivity contribution in [3.8, 4) is 11.5 Å². The molecule has 0 fully saturated rings. The summed E-state index contributed by atoms with van der Waals surface area (Å²) in [4.78, 5) is 0. The molecule has 3 unspecified atom stereocenters. The van der Waals surface area contributed by atoms with Crippen molar-refractivity contribution in [3.05, 3.63) is 59.2 Å². The highest BCUT2D eigenvalue weighted by Gasteiger charge is 2.34. The maximum Gasteiger partial charge on any atom is 0.129 e. The minimum Gasteiger partial charge on any atom is -0.487 e. The molecule has 0 amide bonds. The van der Waals surface area contributed by atoms with Gasteiger partial charge in [-0.3, -0.25) is 0 Å². The number of aliphatic hydroxyl groups excluding tert-OH is 4. The maximum atomic E-state index is 13.4. The van der Waals surface area contributed by atoms with E-state index in [1.807, 2.05) is 0 Å². The van der Waals surface area contributed by atoms with E-state index in [4.69, 9.17) is 9.47 Å². The summed E-state index contributed by atoms with van der Waals surface area (Å²) in [5.41, 5.74) is 0.694. The zero-order valence-electron chi connectivity index (χ0n) is 16.6. The molecule has 0 saturated heterocycles. The average Bonchev–Trinajstić information content (AvgIpc) is 2.74. The number of hydrogen-bond acceptors (Lipinski definition) is 7. The summed E-state index contributed by atoms with van der Waals surface area (Å²) in [6.07, 6.45) is -5.07. The Balaban J connectivity index is 1.28. The molecular formula is C22H25F2NO6. The van der Waals surface area contributed by atoms with Crippen molar-refractivity contribution in [3.63, 3.8) is 0 Å². The quantitative estimate of drug-likeness (QED) is 0.464. The molecule has 6 atom stereocenters. The molecule has 168 valence electrons. The van der Waals surface area contributed by atoms with Gasteiger partial charge in [0.15, 0.2) is 0 Å². The SMILES string of the molecule is OC1CC([C@@H](O)CNC[C@H](O)[C@@H]2CC(O)c3cc(F)ccc3O2)Oc2ccc(F)cc21. The first-order valence-corrected chi connectivity index (χ1v) is 10.2. The highest BCUT2D eigenvalue weighted by molar-refractivity contribution is 5.38. The van der Waals surface area contributed by atoms with Crippen LogP contribution in [0.15, 0.2) is 36.4 Å². The molecule has 0 spiro atoms. The molecule has 7 nitrogen and oxygen atoms in total. The number of halogens is 2. The van der Waals surface area contributed by atoms with Crippen LogP contribution in [0.3, 0.4) is 0 Å². The van der Waals surface area contributed by atoms with E-state index in [1.54, 1.807) is 0 Å². The first-order chi connectivity index (χ1) is 14.8. The topological polar surface area (TPSA) is 111 Å². The van der Waals surface area contributed by atoms with Crippen molar-refractivity contribution in [2.45, 2.75) is 49.5 Å². The van der Waals surface area contributed by atoms with Gasteiger partial charge in [-0.1, -0.05) is 0 Å². The van der Waals surface area contributed by atoms with E-state index in [0.29, 0.717) is 22.6 Å². The highest BCUT2D eigenvalue weighted by Crippen LogP contribution is 2.37. The lowest BCUT2D eigenvalue weighted by atomic mass is 9.95. The van der Waals surface area contributed by atoms with Crippen molar-refractivity contribution < 1.29 is 38.7 Å². The van der Waals surface area contributed by atoms with Gasteiger partial charge in [0.05, 0.1) is 12.2 Å². The van der Waals surface area contributed by atoms with Crippen molar-refractivity contribution in [2.24, 2.45) is 0 Å². The van der Waals surface area contributed by atoms with E-state index < -0.39 is 48.3 Å². The van der Waals surface area contributed by atoms with Gasteiger partial charge in [-0.15, -0.1) is 0 Å². The third kappa shape index (κ3) is 4.81. The van der Waals surface area contributed by atoms with Gasteiger partial charge in [-0.05, 0) is 36.4 Å². The van der Waals surface area contributed by atoms with Gasteiger partial charge in [0, 0.05) is 37.1 Å². The Bertz CT molecular complexity index is 855. The molecule has 0 aliphatic carbocycles. The lowest BCUT2D eigenvalue weighted by Gasteiger charge is -2.34. The predicted molar refractivity (Wildman–Crippen MR) is 106 cm³/mol. The Morgan fingerprint density at radius 3 is 1.65 bits per heavy atom. The molecule has 2 aromatic rings. The molecule has 0 aromatic heterocycles. The van der Waals surface area contributed by atoms with E-state index in [-0.39, 0.29) is 25.9 Å².